The first-order valence-electron chi connectivity index (χ1n) is 9.17. The Morgan fingerprint density at radius 1 is 1.00 bits per heavy atom. The van der Waals surface area contributed by atoms with E-state index >= 15 is 0 Å². The van der Waals surface area contributed by atoms with Crippen molar-refractivity contribution in [1.29, 1.82) is 0 Å². The fraction of sp³-hybridized carbons (Fsp3) is 0.318. The summed E-state index contributed by atoms with van der Waals surface area (Å²) in [6, 6.07) is 10.5. The van der Waals surface area contributed by atoms with Crippen LogP contribution in [0.4, 0.5) is 5.69 Å². The minimum Gasteiger partial charge on any atom is -0.473 e. The van der Waals surface area contributed by atoms with Gasteiger partial charge in [0.2, 0.25) is 0 Å². The summed E-state index contributed by atoms with van der Waals surface area (Å²) in [5, 5.41) is 1.07. The summed E-state index contributed by atoms with van der Waals surface area (Å²) < 4.78 is 11.8. The van der Waals surface area contributed by atoms with Gasteiger partial charge in [-0.05, 0) is 68.0 Å². The smallest absolute Gasteiger partial charge is 0.339 e. The van der Waals surface area contributed by atoms with Crippen molar-refractivity contribution in [3.8, 4) is 5.75 Å². The second-order valence-corrected chi connectivity index (χ2v) is 7.38. The minimum absolute atomic E-state index is 0.178. The molecule has 132 valence electrons. The lowest BCUT2D eigenvalue weighted by molar-refractivity contribution is 0.289. The molecule has 0 fully saturated rings. The Labute approximate surface area is 152 Å². The van der Waals surface area contributed by atoms with Crippen LogP contribution in [0.2, 0.25) is 0 Å². The Balaban J connectivity index is 1.67. The van der Waals surface area contributed by atoms with E-state index in [1.807, 2.05) is 6.07 Å². The molecule has 3 aromatic rings. The third-order valence-electron chi connectivity index (χ3n) is 5.63. The number of anilines is 1. The van der Waals surface area contributed by atoms with Crippen molar-refractivity contribution in [2.45, 2.75) is 39.7 Å². The van der Waals surface area contributed by atoms with Gasteiger partial charge in [0.05, 0.1) is 12.1 Å². The molecule has 4 nitrogen and oxygen atoms in total. The highest BCUT2D eigenvalue weighted by molar-refractivity contribution is 5.87. The van der Waals surface area contributed by atoms with E-state index in [-0.39, 0.29) is 5.63 Å². The fourth-order valence-corrected chi connectivity index (χ4v) is 4.27. The normalized spacial score (nSPS) is 15.7. The van der Waals surface area contributed by atoms with Crippen LogP contribution in [0, 0.1) is 13.8 Å². The fourth-order valence-electron chi connectivity index (χ4n) is 4.27. The van der Waals surface area contributed by atoms with E-state index in [0.29, 0.717) is 18.9 Å². The molecular weight excluding hydrogens is 326 g/mol. The van der Waals surface area contributed by atoms with Crippen LogP contribution in [0.3, 0.4) is 0 Å². The van der Waals surface area contributed by atoms with Gasteiger partial charge in [0.25, 0.3) is 0 Å². The lowest BCUT2D eigenvalue weighted by Gasteiger charge is -2.32. The number of rotatable bonds is 1. The molecule has 0 spiro atoms. The van der Waals surface area contributed by atoms with Crippen LogP contribution < -0.4 is 15.3 Å². The average Bonchev–Trinajstić information content (AvgIpc) is 3.14. The summed E-state index contributed by atoms with van der Waals surface area (Å²) in [5.41, 5.74) is 7.12. The highest BCUT2D eigenvalue weighted by Crippen LogP contribution is 2.37. The summed E-state index contributed by atoms with van der Waals surface area (Å²) in [7, 11) is 0. The van der Waals surface area contributed by atoms with Gasteiger partial charge in [-0.2, -0.15) is 0 Å². The average molecular weight is 347 g/mol. The zero-order valence-corrected chi connectivity index (χ0v) is 15.1. The molecule has 0 amide bonds. The second kappa shape index (κ2) is 5.63. The number of benzene rings is 2. The summed E-state index contributed by atoms with van der Waals surface area (Å²) in [4.78, 5) is 14.6. The molecule has 2 heterocycles. The number of fused-ring (bicyclic) bond motifs is 5. The van der Waals surface area contributed by atoms with E-state index in [4.69, 9.17) is 9.15 Å². The molecule has 0 atom stereocenters. The Morgan fingerprint density at radius 2 is 1.85 bits per heavy atom. The quantitative estimate of drug-likeness (QED) is 0.617. The number of hydrogen-bond donors (Lipinski definition) is 0. The summed E-state index contributed by atoms with van der Waals surface area (Å²) >= 11 is 0. The topological polar surface area (TPSA) is 42.7 Å². The largest absolute Gasteiger partial charge is 0.473 e. The maximum atomic E-state index is 12.4. The molecule has 0 saturated heterocycles. The molecule has 4 heteroatoms. The molecule has 0 radical (unpaired) electrons. The van der Waals surface area contributed by atoms with Gasteiger partial charge in [-0.15, -0.1) is 0 Å². The van der Waals surface area contributed by atoms with Gasteiger partial charge in [-0.3, -0.25) is 0 Å². The predicted octanol–water partition coefficient (Wildman–Crippen LogP) is 4.26. The van der Waals surface area contributed by atoms with Gasteiger partial charge >= 0.3 is 5.63 Å². The van der Waals surface area contributed by atoms with Crippen molar-refractivity contribution in [1.82, 2.24) is 0 Å². The van der Waals surface area contributed by atoms with Crippen molar-refractivity contribution in [2.75, 3.05) is 11.6 Å². The monoisotopic (exact) mass is 347 g/mol. The van der Waals surface area contributed by atoms with Crippen LogP contribution in [-0.2, 0) is 19.4 Å². The molecule has 1 aliphatic heterocycles. The van der Waals surface area contributed by atoms with Crippen molar-refractivity contribution >= 4 is 16.7 Å². The summed E-state index contributed by atoms with van der Waals surface area (Å²) in [5.74, 6) is 0.820. The van der Waals surface area contributed by atoms with Gasteiger partial charge in [0.15, 0.2) is 6.73 Å². The van der Waals surface area contributed by atoms with E-state index in [1.165, 1.54) is 16.7 Å². The highest BCUT2D eigenvalue weighted by Gasteiger charge is 2.26. The first kappa shape index (κ1) is 15.5. The Morgan fingerprint density at radius 3 is 2.73 bits per heavy atom. The first-order chi connectivity index (χ1) is 12.6. The number of ether oxygens (including phenoxy) is 1. The van der Waals surface area contributed by atoms with E-state index in [9.17, 15) is 4.79 Å². The highest BCUT2D eigenvalue weighted by atomic mass is 16.5. The second-order valence-electron chi connectivity index (χ2n) is 7.38. The molecule has 1 aliphatic carbocycles. The number of nitrogens with zero attached hydrogens (tertiary/aromatic N) is 1. The standard InChI is InChI=1S/C22H21NO3/c1-13-6-7-14(2)19(10-13)23-11-18-20(25-12-23)9-8-16-15-4-3-5-17(15)22(24)26-21(16)18/h6-10H,3-5,11-12H2,1-2H3. The molecule has 2 aliphatic rings. The lowest BCUT2D eigenvalue weighted by atomic mass is 10.0. The maximum absolute atomic E-state index is 12.4. The van der Waals surface area contributed by atoms with Crippen LogP contribution in [0.25, 0.3) is 11.0 Å². The SMILES string of the molecule is Cc1ccc(C)c(N2COc3ccc4c5c(c(=O)oc4c3C2)CCC5)c1. The molecule has 2 aromatic carbocycles. The molecular formula is C22H21NO3. The van der Waals surface area contributed by atoms with Crippen molar-refractivity contribution in [3.05, 3.63) is 68.6 Å². The van der Waals surface area contributed by atoms with Crippen LogP contribution in [-0.4, -0.2) is 6.73 Å². The molecule has 0 unspecified atom stereocenters. The first-order valence-corrected chi connectivity index (χ1v) is 9.17. The van der Waals surface area contributed by atoms with Crippen LogP contribution in [0.15, 0.2) is 39.5 Å². The van der Waals surface area contributed by atoms with Crippen molar-refractivity contribution in [2.24, 2.45) is 0 Å². The van der Waals surface area contributed by atoms with E-state index in [2.05, 4.69) is 43.0 Å². The van der Waals surface area contributed by atoms with Gasteiger partial charge in [0.1, 0.15) is 11.3 Å². The maximum Gasteiger partial charge on any atom is 0.339 e. The van der Waals surface area contributed by atoms with Gasteiger partial charge in [-0.25, -0.2) is 4.79 Å². The molecule has 0 saturated carbocycles. The van der Waals surface area contributed by atoms with Gasteiger partial charge in [-0.1, -0.05) is 12.1 Å². The Bertz CT molecular complexity index is 1100. The van der Waals surface area contributed by atoms with Gasteiger partial charge < -0.3 is 14.1 Å². The molecule has 0 N–H and O–H groups in total. The van der Waals surface area contributed by atoms with E-state index in [1.54, 1.807) is 0 Å². The van der Waals surface area contributed by atoms with E-state index in [0.717, 1.165) is 47.2 Å². The van der Waals surface area contributed by atoms with Crippen molar-refractivity contribution < 1.29 is 9.15 Å². The predicted molar refractivity (Wildman–Crippen MR) is 102 cm³/mol. The third-order valence-corrected chi connectivity index (χ3v) is 5.63. The molecule has 26 heavy (non-hydrogen) atoms. The number of aryl methyl sites for hydroxylation is 3. The Hall–Kier alpha value is -2.75. The number of hydrogen-bond acceptors (Lipinski definition) is 4. The zero-order valence-electron chi connectivity index (χ0n) is 15.1. The van der Waals surface area contributed by atoms with E-state index < -0.39 is 0 Å². The van der Waals surface area contributed by atoms with Gasteiger partial charge in [0, 0.05) is 16.6 Å². The van der Waals surface area contributed by atoms with Crippen molar-refractivity contribution in [3.63, 3.8) is 0 Å². The van der Waals surface area contributed by atoms with Crippen LogP contribution in [0.5, 0.6) is 5.75 Å². The minimum atomic E-state index is -0.178. The molecule has 1 aromatic heterocycles. The Kier molecular flexibility index (Phi) is 3.36. The van der Waals surface area contributed by atoms with Crippen LogP contribution in [0.1, 0.15) is 34.2 Å². The lowest BCUT2D eigenvalue weighted by Crippen LogP contribution is -2.32. The summed E-state index contributed by atoms with van der Waals surface area (Å²) in [6.07, 6.45) is 2.81. The molecule has 5 rings (SSSR count). The third kappa shape index (κ3) is 2.25. The molecule has 0 bridgehead atoms. The zero-order chi connectivity index (χ0) is 17.8. The van der Waals surface area contributed by atoms with Crippen LogP contribution >= 0.6 is 0 Å². The summed E-state index contributed by atoms with van der Waals surface area (Å²) in [6.45, 7) is 5.39.